The molecule has 0 atom stereocenters. The average molecular weight is 799 g/mol. The number of rotatable bonds is 11. The Hall–Kier alpha value is -7.68. The van der Waals surface area contributed by atoms with E-state index in [1.807, 2.05) is 0 Å². The maximum absolute atomic E-state index is 13.6. The summed E-state index contributed by atoms with van der Waals surface area (Å²) in [7, 11) is 0. The Kier molecular flexibility index (Phi) is 8.56. The molecule has 6 aromatic carbocycles. The molecule has 0 saturated carbocycles. The van der Waals surface area contributed by atoms with Crippen LogP contribution in [0.15, 0.2) is 109 Å². The monoisotopic (exact) mass is 798 g/mol. The van der Waals surface area contributed by atoms with Gasteiger partial charge in [0.25, 0.3) is 47.3 Å². The number of nitrogens with zero attached hydrogens (tertiary/aromatic N) is 4. The summed E-state index contributed by atoms with van der Waals surface area (Å²) in [5.74, 6) is -4.50. The van der Waals surface area contributed by atoms with Crippen molar-refractivity contribution >= 4 is 80.2 Å². The van der Waals surface area contributed by atoms with Gasteiger partial charge in [-0.25, -0.2) is 9.80 Å². The topological polar surface area (TPSA) is 168 Å². The smallest absolute Gasteiger partial charge is 0.265 e. The lowest BCUT2D eigenvalue weighted by atomic mass is 9.86. The van der Waals surface area contributed by atoms with E-state index in [1.54, 1.807) is 60.7 Å². The van der Waals surface area contributed by atoms with Gasteiger partial charge in [-0.1, -0.05) is 36.4 Å². The van der Waals surface area contributed by atoms with Gasteiger partial charge >= 0.3 is 0 Å². The molecule has 0 bridgehead atoms. The van der Waals surface area contributed by atoms with Gasteiger partial charge in [0.05, 0.1) is 50.9 Å². The first-order valence-electron chi connectivity index (χ1n) is 19.1. The average Bonchev–Trinajstić information content (AvgIpc) is 3.26. The molecule has 0 fully saturated rings. The van der Waals surface area contributed by atoms with Crippen LogP contribution in [0, 0.1) is 0 Å². The summed E-state index contributed by atoms with van der Waals surface area (Å²) < 4.78 is 11.4. The van der Waals surface area contributed by atoms with Gasteiger partial charge in [-0.2, -0.15) is 0 Å². The minimum absolute atomic E-state index is 0.0134. The molecule has 0 radical (unpaired) electrons. The van der Waals surface area contributed by atoms with Crippen LogP contribution >= 0.6 is 0 Å². The summed E-state index contributed by atoms with van der Waals surface area (Å²) in [5, 5.41) is 1.11. The minimum atomic E-state index is -0.577. The third-order valence-electron chi connectivity index (χ3n) is 11.3. The first kappa shape index (κ1) is 36.6. The normalized spacial score (nSPS) is 15.7. The van der Waals surface area contributed by atoms with Crippen molar-refractivity contribution in [3.05, 3.63) is 154 Å². The van der Waals surface area contributed by atoms with Crippen LogP contribution in [0.2, 0.25) is 0 Å². The summed E-state index contributed by atoms with van der Waals surface area (Å²) in [6.45, 7) is -0.0203. The highest BCUT2D eigenvalue weighted by Gasteiger charge is 2.42. The molecule has 0 saturated heterocycles. The van der Waals surface area contributed by atoms with Gasteiger partial charge in [-0.05, 0) is 72.8 Å². The third-order valence-corrected chi connectivity index (χ3v) is 11.3. The molecule has 14 heteroatoms. The van der Waals surface area contributed by atoms with E-state index in [0.717, 1.165) is 19.6 Å². The summed E-state index contributed by atoms with van der Waals surface area (Å²) in [6, 6.07) is 29.1. The number of amides is 8. The van der Waals surface area contributed by atoms with E-state index in [-0.39, 0.29) is 106 Å². The molecule has 0 spiro atoms. The van der Waals surface area contributed by atoms with Crippen molar-refractivity contribution in [1.29, 1.82) is 0 Å². The molecule has 10 rings (SSSR count). The number of para-hydroxylation sites is 2. The molecule has 0 N–H and O–H groups in total. The predicted molar refractivity (Wildman–Crippen MR) is 215 cm³/mol. The van der Waals surface area contributed by atoms with Gasteiger partial charge in [0, 0.05) is 66.1 Å². The molecular weight excluding hydrogens is 769 g/mol. The van der Waals surface area contributed by atoms with Crippen molar-refractivity contribution in [3.63, 3.8) is 0 Å². The van der Waals surface area contributed by atoms with Crippen LogP contribution in [0.5, 0.6) is 0 Å². The Labute approximate surface area is 340 Å². The Bertz CT molecular complexity index is 2620. The predicted octanol–water partition coefficient (Wildman–Crippen LogP) is 5.52. The number of benzene rings is 6. The minimum Gasteiger partial charge on any atom is -0.377 e. The van der Waals surface area contributed by atoms with E-state index in [1.165, 1.54) is 48.5 Å². The summed E-state index contributed by atoms with van der Waals surface area (Å²) >= 11 is 0. The van der Waals surface area contributed by atoms with Crippen molar-refractivity contribution in [2.24, 2.45) is 0 Å². The van der Waals surface area contributed by atoms with E-state index in [4.69, 9.17) is 9.47 Å². The molecule has 6 aromatic rings. The van der Waals surface area contributed by atoms with Crippen LogP contribution < -0.4 is 9.80 Å². The first-order valence-corrected chi connectivity index (χ1v) is 19.1. The van der Waals surface area contributed by atoms with Crippen molar-refractivity contribution in [2.45, 2.75) is 0 Å². The summed E-state index contributed by atoms with van der Waals surface area (Å²) in [4.78, 5) is 113. The Morgan fingerprint density at radius 3 is 0.817 bits per heavy atom. The quantitative estimate of drug-likeness (QED) is 0.120. The van der Waals surface area contributed by atoms with Crippen LogP contribution in [0.25, 0.3) is 21.5 Å². The van der Waals surface area contributed by atoms with Crippen molar-refractivity contribution < 1.29 is 47.8 Å². The number of anilines is 2. The lowest BCUT2D eigenvalue weighted by Crippen LogP contribution is -2.44. The summed E-state index contributed by atoms with van der Waals surface area (Å²) in [6.07, 6.45) is 0. The Morgan fingerprint density at radius 2 is 0.550 bits per heavy atom. The number of imide groups is 4. The number of ether oxygens (including phenoxy) is 2. The molecule has 4 heterocycles. The van der Waals surface area contributed by atoms with Crippen molar-refractivity contribution in [2.75, 3.05) is 49.3 Å². The third kappa shape index (κ3) is 5.35. The number of carbonyl (C=O) groups is 8. The number of carbonyl (C=O) groups excluding carboxylic acids is 8. The second-order valence-corrected chi connectivity index (χ2v) is 14.5. The zero-order valence-electron chi connectivity index (χ0n) is 31.5. The zero-order valence-corrected chi connectivity index (χ0v) is 31.5. The van der Waals surface area contributed by atoms with Crippen LogP contribution in [-0.2, 0) is 9.47 Å². The van der Waals surface area contributed by atoms with Gasteiger partial charge in [-0.15, -0.1) is 0 Å². The molecule has 294 valence electrons. The second kappa shape index (κ2) is 14.0. The van der Waals surface area contributed by atoms with E-state index in [2.05, 4.69) is 0 Å². The van der Waals surface area contributed by atoms with E-state index < -0.39 is 47.3 Å². The SMILES string of the molecule is O=C1c2ccc3c4c(ccc(c24)C(=O)N1CCOCCOCCN1C(=O)c2ccc4c5c(ccc(c25)C1=O)C(=O)N(c1ccccc1)C4=O)C(=O)N(c1ccccc1)C3=O. The Morgan fingerprint density at radius 1 is 0.300 bits per heavy atom. The lowest BCUT2D eigenvalue weighted by molar-refractivity contribution is 0.0264. The fraction of sp³-hybridized carbons (Fsp3) is 0.130. The van der Waals surface area contributed by atoms with Crippen LogP contribution in [0.1, 0.15) is 82.9 Å². The van der Waals surface area contributed by atoms with Crippen LogP contribution in [-0.4, -0.2) is 96.6 Å². The second-order valence-electron chi connectivity index (χ2n) is 14.5. The highest BCUT2D eigenvalue weighted by Crippen LogP contribution is 2.41. The molecule has 60 heavy (non-hydrogen) atoms. The van der Waals surface area contributed by atoms with Gasteiger partial charge in [0.1, 0.15) is 0 Å². The standard InChI is InChI=1S/C46H30N4O10/c51-39-27-11-15-31-37-32(44(56)49(43(31)55)25-7-3-1-4-8-25)16-12-28(35(27)37)40(52)47(39)19-21-59-23-24-60-22-20-48-41(53)29-13-17-33-38-34(18-14-30(36(29)38)42(48)54)46(58)50(45(33)57)26-9-5-2-6-10-26/h1-18H,19-24H2. The largest absolute Gasteiger partial charge is 0.377 e. The van der Waals surface area contributed by atoms with Crippen molar-refractivity contribution in [1.82, 2.24) is 9.80 Å². The number of hydrogen-bond acceptors (Lipinski definition) is 10. The maximum Gasteiger partial charge on any atom is 0.265 e. The summed E-state index contributed by atoms with van der Waals surface area (Å²) in [5.41, 5.74) is 2.49. The Balaban J connectivity index is 0.753. The molecule has 0 aliphatic carbocycles. The fourth-order valence-electron chi connectivity index (χ4n) is 8.51. The van der Waals surface area contributed by atoms with Gasteiger partial charge in [0.2, 0.25) is 0 Å². The maximum atomic E-state index is 13.6. The van der Waals surface area contributed by atoms with Gasteiger partial charge < -0.3 is 9.47 Å². The van der Waals surface area contributed by atoms with Crippen molar-refractivity contribution in [3.8, 4) is 0 Å². The fourth-order valence-corrected chi connectivity index (χ4v) is 8.51. The van der Waals surface area contributed by atoms with E-state index >= 15 is 0 Å². The molecular formula is C46H30N4O10. The molecule has 14 nitrogen and oxygen atoms in total. The van der Waals surface area contributed by atoms with Gasteiger partial charge in [0.15, 0.2) is 0 Å². The number of hydrogen-bond donors (Lipinski definition) is 0. The lowest BCUT2D eigenvalue weighted by Gasteiger charge is -2.32. The zero-order chi connectivity index (χ0) is 41.4. The van der Waals surface area contributed by atoms with Crippen LogP contribution in [0.3, 0.4) is 0 Å². The molecule has 8 amide bonds. The molecule has 0 unspecified atom stereocenters. The van der Waals surface area contributed by atoms with E-state index in [0.29, 0.717) is 11.4 Å². The molecule has 0 aromatic heterocycles. The highest BCUT2D eigenvalue weighted by molar-refractivity contribution is 6.40. The van der Waals surface area contributed by atoms with E-state index in [9.17, 15) is 38.4 Å². The molecule has 4 aliphatic rings. The first-order chi connectivity index (χ1) is 29.2. The molecule has 4 aliphatic heterocycles. The highest BCUT2D eigenvalue weighted by atomic mass is 16.5. The van der Waals surface area contributed by atoms with Gasteiger partial charge in [-0.3, -0.25) is 48.2 Å². The van der Waals surface area contributed by atoms with Crippen LogP contribution in [0.4, 0.5) is 11.4 Å².